The fourth-order valence-electron chi connectivity index (χ4n) is 2.43. The van der Waals surface area contributed by atoms with Crippen molar-refractivity contribution in [3.63, 3.8) is 0 Å². The molecule has 0 radical (unpaired) electrons. The first kappa shape index (κ1) is 15.4. The highest BCUT2D eigenvalue weighted by molar-refractivity contribution is 5.78. The van der Waals surface area contributed by atoms with Crippen LogP contribution in [0.5, 0.6) is 0 Å². The summed E-state index contributed by atoms with van der Waals surface area (Å²) in [4.78, 5) is 14.1. The molecule has 1 fully saturated rings. The zero-order valence-corrected chi connectivity index (χ0v) is 12.1. The number of carbonyl (C=O) groups is 1. The Morgan fingerprint density at radius 2 is 2.06 bits per heavy atom. The lowest BCUT2D eigenvalue weighted by molar-refractivity contribution is -0.131. The summed E-state index contributed by atoms with van der Waals surface area (Å²) in [6.07, 6.45) is 5.03. The molecule has 0 atom stereocenters. The maximum Gasteiger partial charge on any atom is 0.236 e. The van der Waals surface area contributed by atoms with E-state index in [1.807, 2.05) is 4.90 Å². The molecular weight excluding hydrogens is 228 g/mol. The molecule has 1 rings (SSSR count). The number of nitrogens with one attached hydrogen (secondary N) is 1. The predicted molar refractivity (Wildman–Crippen MR) is 73.6 cm³/mol. The van der Waals surface area contributed by atoms with Crippen molar-refractivity contribution in [2.45, 2.75) is 45.6 Å². The van der Waals surface area contributed by atoms with E-state index >= 15 is 0 Å². The Morgan fingerprint density at radius 3 is 2.61 bits per heavy atom. The first-order chi connectivity index (χ1) is 8.63. The zero-order chi connectivity index (χ0) is 13.4. The van der Waals surface area contributed by atoms with Gasteiger partial charge >= 0.3 is 0 Å². The lowest BCUT2D eigenvalue weighted by Gasteiger charge is -2.25. The molecular formula is C14H28N2O2. The van der Waals surface area contributed by atoms with Crippen molar-refractivity contribution >= 4 is 5.91 Å². The predicted octanol–water partition coefficient (Wildman–Crippen LogP) is 1.65. The van der Waals surface area contributed by atoms with E-state index in [0.717, 1.165) is 6.54 Å². The number of rotatable bonds is 8. The Labute approximate surface area is 111 Å². The van der Waals surface area contributed by atoms with Crippen LogP contribution in [-0.4, -0.2) is 50.2 Å². The summed E-state index contributed by atoms with van der Waals surface area (Å²) in [5, 5.41) is 3.38. The second-order valence-electron chi connectivity index (χ2n) is 5.59. The first-order valence-corrected chi connectivity index (χ1v) is 7.13. The van der Waals surface area contributed by atoms with Gasteiger partial charge in [0, 0.05) is 26.2 Å². The third-order valence-corrected chi connectivity index (χ3v) is 3.40. The highest BCUT2D eigenvalue weighted by Crippen LogP contribution is 2.17. The van der Waals surface area contributed by atoms with Gasteiger partial charge in [0.1, 0.15) is 0 Å². The number of amides is 1. The van der Waals surface area contributed by atoms with Crippen molar-refractivity contribution in [1.29, 1.82) is 0 Å². The summed E-state index contributed by atoms with van der Waals surface area (Å²) < 4.78 is 5.07. The zero-order valence-electron chi connectivity index (χ0n) is 12.1. The normalized spacial score (nSPS) is 16.4. The van der Waals surface area contributed by atoms with Gasteiger partial charge in [-0.1, -0.05) is 26.7 Å². The largest absolute Gasteiger partial charge is 0.383 e. The number of ether oxygens (including phenoxy) is 1. The van der Waals surface area contributed by atoms with E-state index in [1.165, 1.54) is 25.7 Å². The van der Waals surface area contributed by atoms with E-state index in [0.29, 0.717) is 31.7 Å². The van der Waals surface area contributed by atoms with Crippen LogP contribution >= 0.6 is 0 Å². The van der Waals surface area contributed by atoms with Gasteiger partial charge in [-0.05, 0) is 18.8 Å². The van der Waals surface area contributed by atoms with Gasteiger partial charge in [-0.3, -0.25) is 4.79 Å². The third-order valence-electron chi connectivity index (χ3n) is 3.40. The maximum atomic E-state index is 12.1. The van der Waals surface area contributed by atoms with Gasteiger partial charge in [-0.2, -0.15) is 0 Å². The molecule has 4 heteroatoms. The second kappa shape index (κ2) is 8.48. The first-order valence-electron chi connectivity index (χ1n) is 7.13. The van der Waals surface area contributed by atoms with E-state index in [4.69, 9.17) is 4.74 Å². The Kier molecular flexibility index (Phi) is 7.28. The van der Waals surface area contributed by atoms with Crippen LogP contribution in [0.3, 0.4) is 0 Å². The molecule has 4 nitrogen and oxygen atoms in total. The van der Waals surface area contributed by atoms with Crippen LogP contribution in [0.2, 0.25) is 0 Å². The smallest absolute Gasteiger partial charge is 0.236 e. The van der Waals surface area contributed by atoms with Gasteiger partial charge in [0.25, 0.3) is 0 Å². The molecule has 0 unspecified atom stereocenters. The average molecular weight is 256 g/mol. The van der Waals surface area contributed by atoms with Crippen molar-refractivity contribution < 1.29 is 9.53 Å². The van der Waals surface area contributed by atoms with Crippen molar-refractivity contribution in [1.82, 2.24) is 10.2 Å². The van der Waals surface area contributed by atoms with Gasteiger partial charge in [0.05, 0.1) is 13.2 Å². The van der Waals surface area contributed by atoms with Crippen LogP contribution < -0.4 is 5.32 Å². The van der Waals surface area contributed by atoms with E-state index in [9.17, 15) is 4.79 Å². The molecule has 106 valence electrons. The summed E-state index contributed by atoms with van der Waals surface area (Å²) in [5.74, 6) is 0.699. The quantitative estimate of drug-likeness (QED) is 0.718. The Morgan fingerprint density at radius 1 is 1.39 bits per heavy atom. The topological polar surface area (TPSA) is 41.6 Å². The average Bonchev–Trinajstić information content (AvgIpc) is 2.84. The van der Waals surface area contributed by atoms with Gasteiger partial charge in [-0.15, -0.1) is 0 Å². The minimum atomic E-state index is 0.202. The molecule has 0 aromatic carbocycles. The maximum absolute atomic E-state index is 12.1. The third kappa shape index (κ3) is 5.83. The lowest BCUT2D eigenvalue weighted by Crippen LogP contribution is -2.43. The van der Waals surface area contributed by atoms with Gasteiger partial charge < -0.3 is 15.0 Å². The van der Waals surface area contributed by atoms with Gasteiger partial charge in [-0.25, -0.2) is 0 Å². The molecule has 1 amide bonds. The molecule has 18 heavy (non-hydrogen) atoms. The summed E-state index contributed by atoms with van der Waals surface area (Å²) in [6.45, 7) is 6.87. The molecule has 0 saturated heterocycles. The van der Waals surface area contributed by atoms with Gasteiger partial charge in [0.2, 0.25) is 5.91 Å². The van der Waals surface area contributed by atoms with E-state index < -0.39 is 0 Å². The Hall–Kier alpha value is -0.610. The number of carbonyl (C=O) groups excluding carboxylic acids is 1. The fourth-order valence-corrected chi connectivity index (χ4v) is 2.43. The van der Waals surface area contributed by atoms with Crippen LogP contribution in [0.25, 0.3) is 0 Å². The van der Waals surface area contributed by atoms with E-state index in [2.05, 4.69) is 19.2 Å². The molecule has 0 spiro atoms. The summed E-state index contributed by atoms with van der Waals surface area (Å²) in [7, 11) is 1.68. The van der Waals surface area contributed by atoms with Crippen LogP contribution in [0.1, 0.15) is 39.5 Å². The summed E-state index contributed by atoms with van der Waals surface area (Å²) in [5.41, 5.74) is 0. The highest BCUT2D eigenvalue weighted by Gasteiger charge is 2.18. The lowest BCUT2D eigenvalue weighted by atomic mass is 10.2. The highest BCUT2D eigenvalue weighted by atomic mass is 16.5. The van der Waals surface area contributed by atoms with Crippen LogP contribution in [-0.2, 0) is 9.53 Å². The van der Waals surface area contributed by atoms with Gasteiger partial charge in [0.15, 0.2) is 0 Å². The molecule has 1 saturated carbocycles. The Balaban J connectivity index is 2.31. The van der Waals surface area contributed by atoms with Crippen LogP contribution in [0.4, 0.5) is 0 Å². The second-order valence-corrected chi connectivity index (χ2v) is 5.59. The molecule has 1 aliphatic carbocycles. The monoisotopic (exact) mass is 256 g/mol. The molecule has 0 aliphatic heterocycles. The number of hydrogen-bond donors (Lipinski definition) is 1. The molecule has 0 heterocycles. The minimum absolute atomic E-state index is 0.202. The molecule has 0 aromatic rings. The summed E-state index contributed by atoms with van der Waals surface area (Å²) >= 11 is 0. The number of nitrogens with zero attached hydrogens (tertiary/aromatic N) is 1. The van der Waals surface area contributed by atoms with Crippen molar-refractivity contribution in [3.8, 4) is 0 Å². The molecule has 1 aliphatic rings. The molecule has 0 bridgehead atoms. The van der Waals surface area contributed by atoms with E-state index in [1.54, 1.807) is 7.11 Å². The fraction of sp³-hybridized carbons (Fsp3) is 0.929. The Bertz CT molecular complexity index is 238. The molecule has 1 N–H and O–H groups in total. The molecule has 0 aromatic heterocycles. The number of hydrogen-bond acceptors (Lipinski definition) is 3. The minimum Gasteiger partial charge on any atom is -0.383 e. The van der Waals surface area contributed by atoms with Crippen LogP contribution in [0.15, 0.2) is 0 Å². The standard InChI is InChI=1S/C14H28N2O2/c1-12(2)11-16(8-9-18-3)14(17)10-15-13-6-4-5-7-13/h12-13,15H,4-11H2,1-3H3. The van der Waals surface area contributed by atoms with E-state index in [-0.39, 0.29) is 5.91 Å². The SMILES string of the molecule is COCCN(CC(C)C)C(=O)CNC1CCCC1. The summed E-state index contributed by atoms with van der Waals surface area (Å²) in [6, 6.07) is 0.553. The van der Waals surface area contributed by atoms with Crippen molar-refractivity contribution in [2.75, 3.05) is 33.4 Å². The van der Waals surface area contributed by atoms with Crippen molar-refractivity contribution in [3.05, 3.63) is 0 Å². The van der Waals surface area contributed by atoms with Crippen molar-refractivity contribution in [2.24, 2.45) is 5.92 Å². The number of methoxy groups -OCH3 is 1. The van der Waals surface area contributed by atoms with Crippen LogP contribution in [0, 0.1) is 5.92 Å².